The maximum absolute atomic E-state index is 13.6. The maximum atomic E-state index is 13.6. The zero-order valence-corrected chi connectivity index (χ0v) is 18.5. The lowest BCUT2D eigenvalue weighted by molar-refractivity contribution is -0.140. The Kier molecular flexibility index (Phi) is 5.00. The first-order valence-corrected chi connectivity index (χ1v) is 10.4. The molecule has 2 aliphatic heterocycles. The molecule has 0 saturated heterocycles. The van der Waals surface area contributed by atoms with E-state index in [-0.39, 0.29) is 30.7 Å². The molecule has 2 aromatic carbocycles. The summed E-state index contributed by atoms with van der Waals surface area (Å²) in [5, 5.41) is 0.449. The summed E-state index contributed by atoms with van der Waals surface area (Å²) in [7, 11) is 3.08. The number of esters is 1. The van der Waals surface area contributed by atoms with E-state index < -0.39 is 0 Å². The Balaban J connectivity index is 1.59. The second-order valence-corrected chi connectivity index (χ2v) is 7.89. The molecule has 0 amide bonds. The first-order valence-electron chi connectivity index (χ1n) is 10.4. The van der Waals surface area contributed by atoms with Gasteiger partial charge < -0.3 is 28.1 Å². The summed E-state index contributed by atoms with van der Waals surface area (Å²) in [5.74, 6) is 2.19. The first kappa shape index (κ1) is 20.9. The largest absolute Gasteiger partial charge is 0.493 e. The number of methoxy groups -OCH3 is 2. The number of hydrogen-bond donors (Lipinski definition) is 0. The molecule has 2 aliphatic rings. The molecule has 0 saturated carbocycles. The average Bonchev–Trinajstić information content (AvgIpc) is 3.26. The van der Waals surface area contributed by atoms with Crippen LogP contribution in [0.4, 0.5) is 0 Å². The molecular weight excluding hydrogens is 428 g/mol. The van der Waals surface area contributed by atoms with E-state index in [1.807, 2.05) is 0 Å². The summed E-state index contributed by atoms with van der Waals surface area (Å²) in [6.45, 7) is 5.50. The summed E-state index contributed by atoms with van der Waals surface area (Å²) >= 11 is 0. The molecule has 170 valence electrons. The normalized spacial score (nSPS) is 15.5. The van der Waals surface area contributed by atoms with E-state index in [2.05, 4.69) is 6.58 Å². The predicted octanol–water partition coefficient (Wildman–Crippen LogP) is 3.79. The lowest BCUT2D eigenvalue weighted by atomic mass is 9.97. The Hall–Kier alpha value is -3.94. The van der Waals surface area contributed by atoms with E-state index in [1.165, 1.54) is 14.0 Å². The van der Waals surface area contributed by atoms with Crippen LogP contribution in [0, 0.1) is 0 Å². The lowest BCUT2D eigenvalue weighted by Crippen LogP contribution is -2.20. The van der Waals surface area contributed by atoms with Gasteiger partial charge in [-0.15, -0.1) is 0 Å². The molecular formula is C25H22O8. The molecule has 0 spiro atoms. The number of benzene rings is 2. The highest BCUT2D eigenvalue weighted by molar-refractivity contribution is 5.89. The van der Waals surface area contributed by atoms with Crippen LogP contribution in [-0.4, -0.2) is 32.9 Å². The standard InChI is InChI=1S/C25H22O8/c1-12(10-30-13(2)26)18-8-16-17(32-18)6-5-14-24(27)23-15-7-20(28-3)21(29-4)9-19(15)31-11-22(23)33-25(14)16/h5-7,9,18H,1,8,10-11H2,2-4H3/t18-/m0/s1. The number of carbonyl (C=O) groups excluding carboxylic acids is 1. The van der Waals surface area contributed by atoms with Gasteiger partial charge in [0, 0.05) is 36.1 Å². The van der Waals surface area contributed by atoms with Gasteiger partial charge in [0.2, 0.25) is 5.43 Å². The minimum atomic E-state index is -0.385. The van der Waals surface area contributed by atoms with Gasteiger partial charge in [0.05, 0.1) is 25.2 Å². The van der Waals surface area contributed by atoms with Gasteiger partial charge in [-0.3, -0.25) is 9.59 Å². The SMILES string of the molecule is C=C(COC(C)=O)[C@@H]1Cc2c(ccc3c(=O)c4c(oc23)COc2cc(OC)c(OC)cc2-4)O1. The molecule has 0 unspecified atom stereocenters. The molecule has 0 fully saturated rings. The quantitative estimate of drug-likeness (QED) is 0.428. The van der Waals surface area contributed by atoms with Crippen molar-refractivity contribution >= 4 is 16.9 Å². The maximum Gasteiger partial charge on any atom is 0.302 e. The van der Waals surface area contributed by atoms with Crippen LogP contribution in [0.1, 0.15) is 18.2 Å². The van der Waals surface area contributed by atoms with Gasteiger partial charge in [-0.1, -0.05) is 6.58 Å². The summed E-state index contributed by atoms with van der Waals surface area (Å²) in [6, 6.07) is 6.89. The zero-order chi connectivity index (χ0) is 23.3. The Labute approximate surface area is 189 Å². The summed E-state index contributed by atoms with van der Waals surface area (Å²) in [5.41, 5.74) is 2.75. The van der Waals surface area contributed by atoms with Gasteiger partial charge in [0.25, 0.3) is 0 Å². The van der Waals surface area contributed by atoms with Crippen molar-refractivity contribution in [2.75, 3.05) is 20.8 Å². The Morgan fingerprint density at radius 1 is 1.15 bits per heavy atom. The van der Waals surface area contributed by atoms with Crippen LogP contribution in [0.5, 0.6) is 23.0 Å². The lowest BCUT2D eigenvalue weighted by Gasteiger charge is -2.21. The fourth-order valence-electron chi connectivity index (χ4n) is 4.23. The van der Waals surface area contributed by atoms with Crippen molar-refractivity contribution in [3.05, 3.63) is 58.0 Å². The number of ether oxygens (including phenoxy) is 5. The molecule has 8 heteroatoms. The minimum absolute atomic E-state index is 0.0706. The van der Waals surface area contributed by atoms with Crippen LogP contribution in [0.3, 0.4) is 0 Å². The van der Waals surface area contributed by atoms with Crippen molar-refractivity contribution in [3.63, 3.8) is 0 Å². The van der Waals surface area contributed by atoms with Crippen LogP contribution in [-0.2, 0) is 22.6 Å². The summed E-state index contributed by atoms with van der Waals surface area (Å²) < 4.78 is 33.9. The van der Waals surface area contributed by atoms with Crippen LogP contribution in [0.25, 0.3) is 22.1 Å². The van der Waals surface area contributed by atoms with E-state index in [4.69, 9.17) is 28.1 Å². The molecule has 0 N–H and O–H groups in total. The third kappa shape index (κ3) is 3.38. The molecule has 8 nitrogen and oxygen atoms in total. The predicted molar refractivity (Wildman–Crippen MR) is 119 cm³/mol. The van der Waals surface area contributed by atoms with E-state index >= 15 is 0 Å². The topological polar surface area (TPSA) is 93.4 Å². The van der Waals surface area contributed by atoms with Gasteiger partial charge >= 0.3 is 5.97 Å². The summed E-state index contributed by atoms with van der Waals surface area (Å²) in [4.78, 5) is 24.7. The summed E-state index contributed by atoms with van der Waals surface area (Å²) in [6.07, 6.45) is 0.0803. The molecule has 0 bridgehead atoms. The molecule has 0 aliphatic carbocycles. The molecule has 0 radical (unpaired) electrons. The van der Waals surface area contributed by atoms with Gasteiger partial charge in [-0.05, 0) is 18.2 Å². The molecule has 3 aromatic rings. The third-order valence-electron chi connectivity index (χ3n) is 5.88. The van der Waals surface area contributed by atoms with Gasteiger partial charge in [-0.25, -0.2) is 0 Å². The van der Waals surface area contributed by atoms with Crippen LogP contribution in [0.2, 0.25) is 0 Å². The molecule has 1 aromatic heterocycles. The van der Waals surface area contributed by atoms with E-state index in [1.54, 1.807) is 31.4 Å². The average molecular weight is 450 g/mol. The van der Waals surface area contributed by atoms with E-state index in [0.717, 1.165) is 5.56 Å². The molecule has 5 rings (SSSR count). The zero-order valence-electron chi connectivity index (χ0n) is 18.5. The van der Waals surface area contributed by atoms with Crippen molar-refractivity contribution in [2.24, 2.45) is 0 Å². The van der Waals surface area contributed by atoms with Crippen molar-refractivity contribution < 1.29 is 32.9 Å². The first-order chi connectivity index (χ1) is 15.9. The van der Waals surface area contributed by atoms with Crippen molar-refractivity contribution in [1.29, 1.82) is 0 Å². The van der Waals surface area contributed by atoms with Gasteiger partial charge in [-0.2, -0.15) is 0 Å². The van der Waals surface area contributed by atoms with Gasteiger partial charge in [0.1, 0.15) is 36.4 Å². The van der Waals surface area contributed by atoms with Gasteiger partial charge in [0.15, 0.2) is 17.3 Å². The Bertz CT molecular complexity index is 1370. The monoisotopic (exact) mass is 450 g/mol. The van der Waals surface area contributed by atoms with E-state index in [0.29, 0.717) is 62.8 Å². The van der Waals surface area contributed by atoms with Crippen molar-refractivity contribution in [2.45, 2.75) is 26.1 Å². The number of fused-ring (bicyclic) bond motifs is 6. The fraction of sp³-hybridized carbons (Fsp3) is 0.280. The Morgan fingerprint density at radius 3 is 2.64 bits per heavy atom. The van der Waals surface area contributed by atoms with Crippen LogP contribution >= 0.6 is 0 Å². The Morgan fingerprint density at radius 2 is 1.91 bits per heavy atom. The third-order valence-corrected chi connectivity index (χ3v) is 5.88. The smallest absolute Gasteiger partial charge is 0.302 e. The highest BCUT2D eigenvalue weighted by atomic mass is 16.5. The number of rotatable bonds is 5. The minimum Gasteiger partial charge on any atom is -0.493 e. The second kappa shape index (κ2) is 7.88. The second-order valence-electron chi connectivity index (χ2n) is 7.89. The van der Waals surface area contributed by atoms with Crippen molar-refractivity contribution in [1.82, 2.24) is 0 Å². The van der Waals surface area contributed by atoms with Crippen molar-refractivity contribution in [3.8, 4) is 34.1 Å². The highest BCUT2D eigenvalue weighted by Crippen LogP contribution is 2.45. The fourth-order valence-corrected chi connectivity index (χ4v) is 4.23. The highest BCUT2D eigenvalue weighted by Gasteiger charge is 2.32. The number of carbonyl (C=O) groups is 1. The van der Waals surface area contributed by atoms with E-state index in [9.17, 15) is 9.59 Å². The van der Waals surface area contributed by atoms with Crippen LogP contribution < -0.4 is 24.4 Å². The molecule has 33 heavy (non-hydrogen) atoms. The molecule has 3 heterocycles. The van der Waals surface area contributed by atoms with Crippen LogP contribution in [0.15, 0.2) is 45.6 Å². The molecule has 1 atom stereocenters. The number of hydrogen-bond acceptors (Lipinski definition) is 8.